The van der Waals surface area contributed by atoms with Crippen molar-refractivity contribution in [3.63, 3.8) is 0 Å². The van der Waals surface area contributed by atoms with Crippen molar-refractivity contribution in [1.29, 1.82) is 0 Å². The molecule has 0 aliphatic rings. The molecule has 110 valence electrons. The summed E-state index contributed by atoms with van der Waals surface area (Å²) >= 11 is 0. The molecule has 0 aliphatic heterocycles. The molecule has 0 fully saturated rings. The molecule has 3 aromatic rings. The lowest BCUT2D eigenvalue weighted by Crippen LogP contribution is -2.24. The largest absolute Gasteiger partial charge is 0.0622 e. The van der Waals surface area contributed by atoms with E-state index in [1.54, 1.807) is 0 Å². The highest BCUT2D eigenvalue weighted by atomic mass is 28.3. The first-order valence-corrected chi connectivity index (χ1v) is 10.5. The Morgan fingerprint density at radius 2 is 0.682 bits per heavy atom. The molecule has 0 radical (unpaired) electrons. The van der Waals surface area contributed by atoms with Crippen molar-refractivity contribution in [2.24, 2.45) is 0 Å². The lowest BCUT2D eigenvalue weighted by Gasteiger charge is -2.16. The van der Waals surface area contributed by atoms with Gasteiger partial charge in [0.15, 0.2) is 0 Å². The topological polar surface area (TPSA) is 0 Å². The Labute approximate surface area is 135 Å². The molecule has 0 aromatic heterocycles. The van der Waals surface area contributed by atoms with Crippen LogP contribution in [0, 0.1) is 0 Å². The van der Waals surface area contributed by atoms with Crippen LogP contribution in [0.3, 0.4) is 0 Å². The van der Waals surface area contributed by atoms with Gasteiger partial charge in [-0.3, -0.25) is 0 Å². The molecule has 3 aromatic carbocycles. The van der Waals surface area contributed by atoms with E-state index >= 15 is 0 Å². The van der Waals surface area contributed by atoms with E-state index in [2.05, 4.69) is 91.0 Å². The molecule has 3 rings (SSSR count). The fourth-order valence-electron chi connectivity index (χ4n) is 3.06. The van der Waals surface area contributed by atoms with E-state index in [1.807, 2.05) is 0 Å². The molecule has 0 saturated carbocycles. The zero-order chi connectivity index (χ0) is 15.0. The number of hydrogen-bond donors (Lipinski definition) is 0. The average molecular weight is 302 g/mol. The standard InChI is InChI=1S/C21H22Si/c1-4-10-19(11-5-1)16-22(17-20-12-6-2-7-13-20)18-21-14-8-3-9-15-21/h1-15,22H,16-18H2. The average Bonchev–Trinajstić information content (AvgIpc) is 2.57. The SMILES string of the molecule is c1ccc(C[SiH](Cc2ccccc2)Cc2ccccc2)cc1. The quantitative estimate of drug-likeness (QED) is 0.586. The van der Waals surface area contributed by atoms with Crippen LogP contribution in [0.15, 0.2) is 91.0 Å². The molecule has 0 aliphatic carbocycles. The van der Waals surface area contributed by atoms with E-state index in [0.717, 1.165) is 0 Å². The van der Waals surface area contributed by atoms with E-state index in [9.17, 15) is 0 Å². The third-order valence-corrected chi connectivity index (χ3v) is 7.25. The molecule has 22 heavy (non-hydrogen) atoms. The summed E-state index contributed by atoms with van der Waals surface area (Å²) in [6.07, 6.45) is 0. The van der Waals surface area contributed by atoms with Gasteiger partial charge in [-0.25, -0.2) is 0 Å². The summed E-state index contributed by atoms with van der Waals surface area (Å²) in [5.41, 5.74) is 4.48. The van der Waals surface area contributed by atoms with Crippen molar-refractivity contribution < 1.29 is 0 Å². The third-order valence-electron chi connectivity index (χ3n) is 4.10. The maximum Gasteiger partial charge on any atom is 0.0501 e. The van der Waals surface area contributed by atoms with Crippen LogP contribution in [-0.4, -0.2) is 8.80 Å². The van der Waals surface area contributed by atoms with Gasteiger partial charge in [0, 0.05) is 0 Å². The van der Waals surface area contributed by atoms with Gasteiger partial charge in [0.1, 0.15) is 0 Å². The van der Waals surface area contributed by atoms with Gasteiger partial charge < -0.3 is 0 Å². The van der Waals surface area contributed by atoms with Crippen LogP contribution in [0.25, 0.3) is 0 Å². The summed E-state index contributed by atoms with van der Waals surface area (Å²) < 4.78 is 0. The molecule has 0 heterocycles. The summed E-state index contributed by atoms with van der Waals surface area (Å²) in [5.74, 6) is 0. The summed E-state index contributed by atoms with van der Waals surface area (Å²) in [4.78, 5) is 0. The number of benzene rings is 3. The molecule has 0 atom stereocenters. The highest BCUT2D eigenvalue weighted by Gasteiger charge is 2.13. The molecule has 0 saturated heterocycles. The van der Waals surface area contributed by atoms with Crippen LogP contribution in [0.1, 0.15) is 16.7 Å². The molecule has 0 bridgehead atoms. The second kappa shape index (κ2) is 7.76. The summed E-state index contributed by atoms with van der Waals surface area (Å²) in [5, 5.41) is 0. The van der Waals surface area contributed by atoms with Gasteiger partial charge in [-0.05, 0) is 18.1 Å². The van der Waals surface area contributed by atoms with Crippen molar-refractivity contribution in [3.05, 3.63) is 108 Å². The molecular weight excluding hydrogens is 280 g/mol. The zero-order valence-electron chi connectivity index (χ0n) is 12.9. The summed E-state index contributed by atoms with van der Waals surface area (Å²) in [6.45, 7) is 0. The predicted molar refractivity (Wildman–Crippen MR) is 97.6 cm³/mol. The first-order valence-electron chi connectivity index (χ1n) is 8.02. The van der Waals surface area contributed by atoms with Crippen LogP contribution in [0.2, 0.25) is 0 Å². The Bertz CT molecular complexity index is 563. The fraction of sp³-hybridized carbons (Fsp3) is 0.143. The van der Waals surface area contributed by atoms with E-state index in [0.29, 0.717) is 0 Å². The number of hydrogen-bond acceptors (Lipinski definition) is 0. The smallest absolute Gasteiger partial charge is 0.0501 e. The minimum absolute atomic E-state index is 0.914. The molecule has 0 nitrogen and oxygen atoms in total. The Morgan fingerprint density at radius 3 is 0.955 bits per heavy atom. The van der Waals surface area contributed by atoms with Gasteiger partial charge in [-0.1, -0.05) is 108 Å². The van der Waals surface area contributed by atoms with Crippen molar-refractivity contribution in [3.8, 4) is 0 Å². The maximum atomic E-state index is 2.27. The first-order chi connectivity index (χ1) is 10.9. The van der Waals surface area contributed by atoms with E-state index < -0.39 is 8.80 Å². The maximum absolute atomic E-state index is 2.27. The molecule has 0 amide bonds. The molecule has 0 unspecified atom stereocenters. The monoisotopic (exact) mass is 302 g/mol. The lowest BCUT2D eigenvalue weighted by atomic mass is 10.2. The molecule has 0 spiro atoms. The Kier molecular flexibility index (Phi) is 5.22. The molecule has 0 N–H and O–H groups in total. The zero-order valence-corrected chi connectivity index (χ0v) is 14.0. The third kappa shape index (κ3) is 4.44. The first kappa shape index (κ1) is 14.8. The van der Waals surface area contributed by atoms with Crippen molar-refractivity contribution in [2.75, 3.05) is 0 Å². The van der Waals surface area contributed by atoms with Gasteiger partial charge in [-0.15, -0.1) is 0 Å². The van der Waals surface area contributed by atoms with Gasteiger partial charge in [0.2, 0.25) is 0 Å². The molecule has 1 heteroatoms. The summed E-state index contributed by atoms with van der Waals surface area (Å²) in [6, 6.07) is 36.7. The Morgan fingerprint density at radius 1 is 0.409 bits per heavy atom. The Balaban J connectivity index is 1.75. The molecular formula is C21H22Si. The van der Waals surface area contributed by atoms with Crippen molar-refractivity contribution in [1.82, 2.24) is 0 Å². The second-order valence-electron chi connectivity index (χ2n) is 5.94. The van der Waals surface area contributed by atoms with Crippen molar-refractivity contribution in [2.45, 2.75) is 18.1 Å². The lowest BCUT2D eigenvalue weighted by molar-refractivity contribution is 1.19. The minimum atomic E-state index is -0.914. The normalized spacial score (nSPS) is 10.8. The van der Waals surface area contributed by atoms with Crippen LogP contribution in [-0.2, 0) is 18.1 Å². The van der Waals surface area contributed by atoms with Gasteiger partial charge in [0.25, 0.3) is 0 Å². The predicted octanol–water partition coefficient (Wildman–Crippen LogP) is 4.56. The number of rotatable bonds is 6. The minimum Gasteiger partial charge on any atom is -0.0622 e. The highest BCUT2D eigenvalue weighted by molar-refractivity contribution is 6.57. The Hall–Kier alpha value is -2.12. The van der Waals surface area contributed by atoms with Crippen LogP contribution in [0.5, 0.6) is 0 Å². The van der Waals surface area contributed by atoms with Crippen molar-refractivity contribution >= 4 is 8.80 Å². The van der Waals surface area contributed by atoms with E-state index in [1.165, 1.54) is 34.8 Å². The van der Waals surface area contributed by atoms with Gasteiger partial charge in [0.05, 0.1) is 8.80 Å². The highest BCUT2D eigenvalue weighted by Crippen LogP contribution is 2.13. The summed E-state index contributed by atoms with van der Waals surface area (Å²) in [7, 11) is -0.914. The fourth-order valence-corrected chi connectivity index (χ4v) is 6.31. The van der Waals surface area contributed by atoms with Crippen LogP contribution >= 0.6 is 0 Å². The second-order valence-corrected chi connectivity index (χ2v) is 8.89. The van der Waals surface area contributed by atoms with Gasteiger partial charge in [-0.2, -0.15) is 0 Å². The van der Waals surface area contributed by atoms with E-state index in [-0.39, 0.29) is 0 Å². The van der Waals surface area contributed by atoms with Crippen LogP contribution in [0.4, 0.5) is 0 Å². The van der Waals surface area contributed by atoms with E-state index in [4.69, 9.17) is 0 Å². The van der Waals surface area contributed by atoms with Crippen LogP contribution < -0.4 is 0 Å². The van der Waals surface area contributed by atoms with Gasteiger partial charge >= 0.3 is 0 Å².